The molecule has 1 aromatic heterocycles. The summed E-state index contributed by atoms with van der Waals surface area (Å²) in [5, 5.41) is 4.05. The van der Waals surface area contributed by atoms with Gasteiger partial charge in [0.2, 0.25) is 0 Å². The van der Waals surface area contributed by atoms with E-state index in [9.17, 15) is 4.39 Å². The molecule has 0 spiro atoms. The molecule has 0 saturated heterocycles. The fourth-order valence-corrected chi connectivity index (χ4v) is 1.82. The Bertz CT molecular complexity index is 553. The van der Waals surface area contributed by atoms with E-state index in [1.54, 1.807) is 10.7 Å². The van der Waals surface area contributed by atoms with Crippen LogP contribution in [0.1, 0.15) is 31.3 Å². The van der Waals surface area contributed by atoms with Crippen molar-refractivity contribution in [3.05, 3.63) is 41.7 Å². The largest absolute Gasteiger partial charge is 0.485 e. The average molecular weight is 264 g/mol. The number of benzene rings is 1. The molecule has 0 aliphatic heterocycles. The van der Waals surface area contributed by atoms with Crippen molar-refractivity contribution in [1.29, 1.82) is 0 Å². The van der Waals surface area contributed by atoms with E-state index in [0.29, 0.717) is 18.1 Å². The van der Waals surface area contributed by atoms with Crippen molar-refractivity contribution in [3.8, 4) is 5.75 Å². The standard InChI is InChI=1S/C13H17FN4O/c1-3-18-13(16-8-17-18)7-19-12-6-10(14)4-5-11(12)9(2)15/h4-6,8-9H,3,7,15H2,1-2H3/t9-/m1/s1. The number of nitrogens with zero attached hydrogens (tertiary/aromatic N) is 3. The molecule has 0 saturated carbocycles. The molecule has 2 N–H and O–H groups in total. The Morgan fingerprint density at radius 2 is 2.26 bits per heavy atom. The first-order chi connectivity index (χ1) is 9.11. The van der Waals surface area contributed by atoms with Crippen LogP contribution in [0.5, 0.6) is 5.75 Å². The maximum atomic E-state index is 13.3. The SMILES string of the molecule is CCn1ncnc1COc1cc(F)ccc1[C@@H](C)N. The molecule has 102 valence electrons. The molecular formula is C13H17FN4O. The third-order valence-corrected chi connectivity index (χ3v) is 2.82. The van der Waals surface area contributed by atoms with Crippen LogP contribution in [0.3, 0.4) is 0 Å². The summed E-state index contributed by atoms with van der Waals surface area (Å²) in [4.78, 5) is 4.10. The minimum absolute atomic E-state index is 0.223. The molecule has 0 amide bonds. The summed E-state index contributed by atoms with van der Waals surface area (Å²) in [5.74, 6) is 0.791. The smallest absolute Gasteiger partial charge is 0.164 e. The van der Waals surface area contributed by atoms with Crippen LogP contribution in [0, 0.1) is 5.82 Å². The lowest BCUT2D eigenvalue weighted by molar-refractivity contribution is 0.282. The molecule has 19 heavy (non-hydrogen) atoms. The molecule has 0 aliphatic rings. The van der Waals surface area contributed by atoms with Crippen LogP contribution in [0.15, 0.2) is 24.5 Å². The molecular weight excluding hydrogens is 247 g/mol. The molecule has 0 aliphatic carbocycles. The molecule has 0 radical (unpaired) electrons. The van der Waals surface area contributed by atoms with Crippen LogP contribution >= 0.6 is 0 Å². The van der Waals surface area contributed by atoms with Gasteiger partial charge in [-0.1, -0.05) is 6.07 Å². The van der Waals surface area contributed by atoms with Gasteiger partial charge in [0, 0.05) is 24.2 Å². The van der Waals surface area contributed by atoms with Crippen molar-refractivity contribution in [2.45, 2.75) is 33.0 Å². The number of hydrogen-bond acceptors (Lipinski definition) is 4. The molecule has 0 fully saturated rings. The summed E-state index contributed by atoms with van der Waals surface area (Å²) < 4.78 is 20.6. The minimum atomic E-state index is -0.351. The van der Waals surface area contributed by atoms with Gasteiger partial charge in [-0.05, 0) is 19.9 Å². The molecule has 5 nitrogen and oxygen atoms in total. The van der Waals surface area contributed by atoms with Crippen LogP contribution in [0.4, 0.5) is 4.39 Å². The second-order valence-corrected chi connectivity index (χ2v) is 4.25. The Balaban J connectivity index is 2.17. The number of hydrogen-bond donors (Lipinski definition) is 1. The zero-order chi connectivity index (χ0) is 13.8. The van der Waals surface area contributed by atoms with Crippen LogP contribution in [0.2, 0.25) is 0 Å². The summed E-state index contributed by atoms with van der Waals surface area (Å²) in [7, 11) is 0. The number of nitrogens with two attached hydrogens (primary N) is 1. The van der Waals surface area contributed by atoms with Crippen molar-refractivity contribution in [3.63, 3.8) is 0 Å². The van der Waals surface area contributed by atoms with E-state index in [1.165, 1.54) is 18.5 Å². The lowest BCUT2D eigenvalue weighted by Crippen LogP contribution is -2.11. The van der Waals surface area contributed by atoms with E-state index in [-0.39, 0.29) is 18.5 Å². The number of aromatic nitrogens is 3. The maximum absolute atomic E-state index is 13.3. The first-order valence-corrected chi connectivity index (χ1v) is 6.16. The predicted molar refractivity (Wildman–Crippen MR) is 69.0 cm³/mol. The first kappa shape index (κ1) is 13.5. The quantitative estimate of drug-likeness (QED) is 0.897. The van der Waals surface area contributed by atoms with Crippen LogP contribution in [-0.2, 0) is 13.2 Å². The number of ether oxygens (including phenoxy) is 1. The van der Waals surface area contributed by atoms with Crippen LogP contribution in [0.25, 0.3) is 0 Å². The number of aryl methyl sites for hydroxylation is 1. The van der Waals surface area contributed by atoms with E-state index in [0.717, 1.165) is 5.56 Å². The monoisotopic (exact) mass is 264 g/mol. The lowest BCUT2D eigenvalue weighted by Gasteiger charge is -2.14. The third-order valence-electron chi connectivity index (χ3n) is 2.82. The maximum Gasteiger partial charge on any atom is 0.164 e. The van der Waals surface area contributed by atoms with Gasteiger partial charge in [-0.3, -0.25) is 0 Å². The van der Waals surface area contributed by atoms with Crippen molar-refractivity contribution >= 4 is 0 Å². The van der Waals surface area contributed by atoms with Crippen LogP contribution < -0.4 is 10.5 Å². The molecule has 2 rings (SSSR count). The van der Waals surface area contributed by atoms with Gasteiger partial charge >= 0.3 is 0 Å². The number of rotatable bonds is 5. The minimum Gasteiger partial charge on any atom is -0.485 e. The normalized spacial score (nSPS) is 12.4. The number of halogens is 1. The van der Waals surface area contributed by atoms with E-state index >= 15 is 0 Å². The molecule has 2 aromatic rings. The zero-order valence-corrected chi connectivity index (χ0v) is 11.0. The Kier molecular flexibility index (Phi) is 4.11. The van der Waals surface area contributed by atoms with Gasteiger partial charge in [-0.2, -0.15) is 5.10 Å². The highest BCUT2D eigenvalue weighted by Crippen LogP contribution is 2.25. The van der Waals surface area contributed by atoms with Crippen molar-refractivity contribution in [2.75, 3.05) is 0 Å². The van der Waals surface area contributed by atoms with Gasteiger partial charge in [0.05, 0.1) is 0 Å². The fraction of sp³-hybridized carbons (Fsp3) is 0.385. The second kappa shape index (κ2) is 5.79. The summed E-state index contributed by atoms with van der Waals surface area (Å²) in [6, 6.07) is 4.13. The topological polar surface area (TPSA) is 66.0 Å². The fourth-order valence-electron chi connectivity index (χ4n) is 1.82. The van der Waals surface area contributed by atoms with Gasteiger partial charge in [0.25, 0.3) is 0 Å². The lowest BCUT2D eigenvalue weighted by atomic mass is 10.1. The molecule has 1 atom stereocenters. The van der Waals surface area contributed by atoms with E-state index in [1.807, 2.05) is 13.8 Å². The highest BCUT2D eigenvalue weighted by molar-refractivity contribution is 5.36. The van der Waals surface area contributed by atoms with Crippen molar-refractivity contribution < 1.29 is 9.13 Å². The molecule has 0 bridgehead atoms. The molecule has 0 unspecified atom stereocenters. The van der Waals surface area contributed by atoms with Crippen molar-refractivity contribution in [2.24, 2.45) is 5.73 Å². The highest BCUT2D eigenvalue weighted by atomic mass is 19.1. The summed E-state index contributed by atoms with van der Waals surface area (Å²) in [6.07, 6.45) is 1.47. The van der Waals surface area contributed by atoms with Gasteiger partial charge in [-0.15, -0.1) is 0 Å². The Morgan fingerprint density at radius 1 is 1.47 bits per heavy atom. The summed E-state index contributed by atoms with van der Waals surface area (Å²) in [5.41, 5.74) is 6.60. The zero-order valence-electron chi connectivity index (χ0n) is 11.0. The highest BCUT2D eigenvalue weighted by Gasteiger charge is 2.11. The Hall–Kier alpha value is -1.95. The van der Waals surface area contributed by atoms with E-state index < -0.39 is 0 Å². The van der Waals surface area contributed by atoms with Gasteiger partial charge in [-0.25, -0.2) is 14.1 Å². The molecule has 1 aromatic carbocycles. The predicted octanol–water partition coefficient (Wildman–Crippen LogP) is 2.04. The summed E-state index contributed by atoms with van der Waals surface area (Å²) >= 11 is 0. The Labute approximate surface area is 111 Å². The van der Waals surface area contributed by atoms with Gasteiger partial charge in [0.15, 0.2) is 5.82 Å². The van der Waals surface area contributed by atoms with Gasteiger partial charge in [0.1, 0.15) is 24.5 Å². The Morgan fingerprint density at radius 3 is 2.95 bits per heavy atom. The van der Waals surface area contributed by atoms with E-state index in [2.05, 4.69) is 10.1 Å². The van der Waals surface area contributed by atoms with Gasteiger partial charge < -0.3 is 10.5 Å². The third kappa shape index (κ3) is 3.08. The second-order valence-electron chi connectivity index (χ2n) is 4.25. The molecule has 1 heterocycles. The molecule has 6 heteroatoms. The van der Waals surface area contributed by atoms with Crippen LogP contribution in [-0.4, -0.2) is 14.8 Å². The summed E-state index contributed by atoms with van der Waals surface area (Å²) in [6.45, 7) is 4.74. The average Bonchev–Trinajstić information content (AvgIpc) is 2.83. The first-order valence-electron chi connectivity index (χ1n) is 6.16. The van der Waals surface area contributed by atoms with E-state index in [4.69, 9.17) is 10.5 Å². The van der Waals surface area contributed by atoms with Crippen molar-refractivity contribution in [1.82, 2.24) is 14.8 Å².